The Balaban J connectivity index is 2.13. The van der Waals surface area contributed by atoms with E-state index in [4.69, 9.17) is 9.16 Å². The maximum absolute atomic E-state index is 7.03. The summed E-state index contributed by atoms with van der Waals surface area (Å²) in [5.41, 5.74) is 0.413. The Labute approximate surface area is 191 Å². The normalized spacial score (nSPS) is 29.6. The van der Waals surface area contributed by atoms with Gasteiger partial charge in [0, 0.05) is 8.07 Å². The summed E-state index contributed by atoms with van der Waals surface area (Å²) >= 11 is 0. The van der Waals surface area contributed by atoms with Gasteiger partial charge in [-0.2, -0.15) is 0 Å². The molecule has 30 heavy (non-hydrogen) atoms. The van der Waals surface area contributed by atoms with Crippen molar-refractivity contribution in [3.63, 3.8) is 0 Å². The standard InChI is InChI=1S/C26H54O2Si2/c1-11-12-21(2)18-25(3,20-29(5,6)7)19-26(4,28-30(8,9)10)16-15-22-13-14-23-24(17-22)27-23/h21-24H,11-20H2,1-10H3. The number of hydrogen-bond donors (Lipinski definition) is 0. The molecule has 1 saturated heterocycles. The highest BCUT2D eigenvalue weighted by atomic mass is 28.4. The lowest BCUT2D eigenvalue weighted by Gasteiger charge is -2.46. The van der Waals surface area contributed by atoms with Gasteiger partial charge in [0.05, 0.1) is 17.8 Å². The van der Waals surface area contributed by atoms with Crippen LogP contribution in [0.4, 0.5) is 0 Å². The minimum Gasteiger partial charge on any atom is -0.412 e. The van der Waals surface area contributed by atoms with Crippen molar-refractivity contribution < 1.29 is 9.16 Å². The van der Waals surface area contributed by atoms with Crippen LogP contribution in [0, 0.1) is 17.3 Å². The van der Waals surface area contributed by atoms with Crippen molar-refractivity contribution in [2.45, 2.75) is 149 Å². The molecular formula is C26H54O2Si2. The Kier molecular flexibility index (Phi) is 8.95. The van der Waals surface area contributed by atoms with Crippen LogP contribution >= 0.6 is 0 Å². The Bertz CT molecular complexity index is 538. The third-order valence-corrected chi connectivity index (χ3v) is 10.1. The van der Waals surface area contributed by atoms with Crippen LogP contribution in [0.2, 0.25) is 45.3 Å². The summed E-state index contributed by atoms with van der Waals surface area (Å²) in [5, 5.41) is 0. The molecule has 2 fully saturated rings. The molecule has 2 aliphatic rings. The lowest BCUT2D eigenvalue weighted by Crippen LogP contribution is -2.46. The van der Waals surface area contributed by atoms with Crippen LogP contribution in [0.5, 0.6) is 0 Å². The van der Waals surface area contributed by atoms with E-state index in [1.54, 1.807) is 0 Å². The van der Waals surface area contributed by atoms with Crippen LogP contribution in [0.15, 0.2) is 0 Å². The fourth-order valence-electron chi connectivity index (χ4n) is 7.00. The summed E-state index contributed by atoms with van der Waals surface area (Å²) < 4.78 is 12.8. The molecule has 0 aromatic rings. The van der Waals surface area contributed by atoms with Crippen LogP contribution in [-0.2, 0) is 9.16 Å². The van der Waals surface area contributed by atoms with Crippen molar-refractivity contribution >= 4 is 16.4 Å². The fraction of sp³-hybridized carbons (Fsp3) is 1.00. The molecule has 2 rings (SSSR count). The second kappa shape index (κ2) is 10.1. The van der Waals surface area contributed by atoms with Gasteiger partial charge in [0.1, 0.15) is 0 Å². The third-order valence-electron chi connectivity index (χ3n) is 7.13. The molecule has 6 unspecified atom stereocenters. The van der Waals surface area contributed by atoms with E-state index in [0.717, 1.165) is 11.8 Å². The molecule has 0 N–H and O–H groups in total. The Hall–Kier alpha value is 0.354. The van der Waals surface area contributed by atoms with Crippen molar-refractivity contribution in [2.24, 2.45) is 17.3 Å². The minimum absolute atomic E-state index is 0.0199. The average molecular weight is 455 g/mol. The van der Waals surface area contributed by atoms with Crippen molar-refractivity contribution in [3.8, 4) is 0 Å². The summed E-state index contributed by atoms with van der Waals surface area (Å²) in [6, 6.07) is 1.42. The third kappa shape index (κ3) is 9.46. The van der Waals surface area contributed by atoms with Gasteiger partial charge in [0.2, 0.25) is 0 Å². The van der Waals surface area contributed by atoms with Gasteiger partial charge in [0.15, 0.2) is 8.32 Å². The molecule has 1 aliphatic heterocycles. The summed E-state index contributed by atoms with van der Waals surface area (Å²) in [5.74, 6) is 1.66. The van der Waals surface area contributed by atoms with Crippen molar-refractivity contribution in [2.75, 3.05) is 0 Å². The molecular weight excluding hydrogens is 400 g/mol. The Morgan fingerprint density at radius 1 is 1.03 bits per heavy atom. The van der Waals surface area contributed by atoms with Crippen molar-refractivity contribution in [1.82, 2.24) is 0 Å². The SMILES string of the molecule is CCCC(C)CC(C)(CC(C)(CCC1CCC2OC2C1)O[Si](C)(C)C)C[Si](C)(C)C. The molecule has 4 heteroatoms. The summed E-state index contributed by atoms with van der Waals surface area (Å²) in [7, 11) is -2.77. The molecule has 178 valence electrons. The Morgan fingerprint density at radius 3 is 2.23 bits per heavy atom. The molecule has 0 aromatic carbocycles. The molecule has 1 saturated carbocycles. The first kappa shape index (κ1) is 26.6. The molecule has 1 aliphatic carbocycles. The minimum atomic E-state index is -1.61. The lowest BCUT2D eigenvalue weighted by atomic mass is 9.72. The molecule has 0 amide bonds. The van der Waals surface area contributed by atoms with E-state index in [0.29, 0.717) is 17.6 Å². The largest absolute Gasteiger partial charge is 0.412 e. The lowest BCUT2D eigenvalue weighted by molar-refractivity contribution is 0.0109. The van der Waals surface area contributed by atoms with E-state index >= 15 is 0 Å². The second-order valence-electron chi connectivity index (χ2n) is 13.9. The summed E-state index contributed by atoms with van der Waals surface area (Å²) in [6.45, 7) is 24.7. The number of rotatable bonds is 13. The highest BCUT2D eigenvalue weighted by molar-refractivity contribution is 6.76. The van der Waals surface area contributed by atoms with Crippen LogP contribution < -0.4 is 0 Å². The summed E-state index contributed by atoms with van der Waals surface area (Å²) in [4.78, 5) is 0. The molecule has 0 spiro atoms. The number of ether oxygens (including phenoxy) is 1. The molecule has 1 heterocycles. The van der Waals surface area contributed by atoms with E-state index in [1.807, 2.05) is 0 Å². The van der Waals surface area contributed by atoms with Gasteiger partial charge in [-0.25, -0.2) is 0 Å². The van der Waals surface area contributed by atoms with Crippen LogP contribution in [0.3, 0.4) is 0 Å². The van der Waals surface area contributed by atoms with Crippen LogP contribution in [0.25, 0.3) is 0 Å². The van der Waals surface area contributed by atoms with Crippen molar-refractivity contribution in [1.29, 1.82) is 0 Å². The van der Waals surface area contributed by atoms with Gasteiger partial charge in [-0.15, -0.1) is 0 Å². The topological polar surface area (TPSA) is 21.8 Å². The molecule has 0 aromatic heterocycles. The predicted octanol–water partition coefficient (Wildman–Crippen LogP) is 8.51. The second-order valence-corrected chi connectivity index (χ2v) is 23.8. The average Bonchev–Trinajstić information content (AvgIpc) is 3.27. The number of hydrogen-bond acceptors (Lipinski definition) is 2. The first-order valence-corrected chi connectivity index (χ1v) is 20.1. The highest BCUT2D eigenvalue weighted by Crippen LogP contribution is 2.47. The first-order chi connectivity index (χ1) is 13.6. The van der Waals surface area contributed by atoms with E-state index in [2.05, 4.69) is 67.0 Å². The molecule has 0 bridgehead atoms. The number of epoxide rings is 1. The number of fused-ring (bicyclic) bond motifs is 1. The van der Waals surface area contributed by atoms with Gasteiger partial charge in [-0.1, -0.05) is 59.3 Å². The van der Waals surface area contributed by atoms with Gasteiger partial charge >= 0.3 is 0 Å². The van der Waals surface area contributed by atoms with Crippen molar-refractivity contribution in [3.05, 3.63) is 0 Å². The van der Waals surface area contributed by atoms with Crippen LogP contribution in [-0.4, -0.2) is 34.2 Å². The van der Waals surface area contributed by atoms with E-state index in [-0.39, 0.29) is 5.60 Å². The smallest absolute Gasteiger partial charge is 0.184 e. The van der Waals surface area contributed by atoms with Gasteiger partial charge in [-0.3, -0.25) is 0 Å². The quantitative estimate of drug-likeness (QED) is 0.205. The fourth-order valence-corrected chi connectivity index (χ4v) is 11.5. The van der Waals surface area contributed by atoms with Crippen LogP contribution in [0.1, 0.15) is 85.5 Å². The predicted molar refractivity (Wildman–Crippen MR) is 138 cm³/mol. The zero-order valence-electron chi connectivity index (χ0n) is 22.2. The Morgan fingerprint density at radius 2 is 1.70 bits per heavy atom. The molecule has 2 nitrogen and oxygen atoms in total. The maximum atomic E-state index is 7.03. The van der Waals surface area contributed by atoms with Gasteiger partial charge in [0.25, 0.3) is 0 Å². The monoisotopic (exact) mass is 454 g/mol. The summed E-state index contributed by atoms with van der Waals surface area (Å²) in [6.07, 6.45) is 13.0. The first-order valence-electron chi connectivity index (χ1n) is 13.0. The zero-order chi connectivity index (χ0) is 22.8. The van der Waals surface area contributed by atoms with E-state index < -0.39 is 16.4 Å². The maximum Gasteiger partial charge on any atom is 0.184 e. The van der Waals surface area contributed by atoms with E-state index in [1.165, 1.54) is 63.8 Å². The zero-order valence-corrected chi connectivity index (χ0v) is 24.2. The molecule has 0 radical (unpaired) electrons. The van der Waals surface area contributed by atoms with Gasteiger partial charge < -0.3 is 9.16 Å². The molecule has 6 atom stereocenters. The van der Waals surface area contributed by atoms with E-state index in [9.17, 15) is 0 Å². The van der Waals surface area contributed by atoms with Gasteiger partial charge in [-0.05, 0) is 88.8 Å². The highest BCUT2D eigenvalue weighted by Gasteiger charge is 2.45.